The van der Waals surface area contributed by atoms with Gasteiger partial charge in [-0.3, -0.25) is 4.79 Å². The number of hydrogen-bond acceptors (Lipinski definition) is 5. The molecule has 1 aliphatic heterocycles. The van der Waals surface area contributed by atoms with Crippen molar-refractivity contribution >= 4 is 51.5 Å². The molecule has 1 saturated heterocycles. The van der Waals surface area contributed by atoms with Gasteiger partial charge >= 0.3 is 0 Å². The Balaban J connectivity index is 1.81. The molecule has 1 N–H and O–H groups in total. The summed E-state index contributed by atoms with van der Waals surface area (Å²) in [5, 5.41) is 2.96. The first-order chi connectivity index (χ1) is 13.4. The van der Waals surface area contributed by atoms with Crippen LogP contribution in [0.2, 0.25) is 5.02 Å². The lowest BCUT2D eigenvalue weighted by Crippen LogP contribution is -2.46. The van der Waals surface area contributed by atoms with Gasteiger partial charge in [0.1, 0.15) is 11.4 Å². The molecule has 1 aliphatic rings. The normalized spacial score (nSPS) is 14.8. The molecule has 1 fully saturated rings. The number of rotatable bonds is 5. The summed E-state index contributed by atoms with van der Waals surface area (Å²) >= 11 is 8.40. The quantitative estimate of drug-likeness (QED) is 0.609. The van der Waals surface area contributed by atoms with Crippen LogP contribution >= 0.6 is 34.2 Å². The molecule has 1 amide bonds. The summed E-state index contributed by atoms with van der Waals surface area (Å²) < 4.78 is 20.7. The van der Waals surface area contributed by atoms with Crippen molar-refractivity contribution in [3.63, 3.8) is 0 Å². The number of benzene rings is 1. The largest absolute Gasteiger partial charge is 0.480 e. The maximum absolute atomic E-state index is 14.8. The van der Waals surface area contributed by atoms with Gasteiger partial charge in [0.15, 0.2) is 0 Å². The zero-order chi connectivity index (χ0) is 20.3. The second-order valence-corrected chi connectivity index (χ2v) is 7.91. The number of amides is 1. The van der Waals surface area contributed by atoms with Gasteiger partial charge in [0.2, 0.25) is 5.88 Å². The van der Waals surface area contributed by atoms with Crippen molar-refractivity contribution in [2.45, 2.75) is 6.92 Å². The molecule has 0 saturated carbocycles. The van der Waals surface area contributed by atoms with E-state index in [0.29, 0.717) is 27.9 Å². The lowest BCUT2D eigenvalue weighted by atomic mass is 10.2. The van der Waals surface area contributed by atoms with Crippen LogP contribution in [-0.4, -0.2) is 55.6 Å². The molecule has 0 unspecified atom stereocenters. The van der Waals surface area contributed by atoms with E-state index in [1.54, 1.807) is 18.3 Å². The third-order valence-electron chi connectivity index (χ3n) is 4.70. The molecule has 1 aromatic carbocycles. The number of carbonyl (C=O) groups excluding carboxylic acids is 1. The monoisotopic (exact) mass is 518 g/mol. The van der Waals surface area contributed by atoms with Gasteiger partial charge in [-0.05, 0) is 47.3 Å². The maximum atomic E-state index is 14.8. The fraction of sp³-hybridized carbons (Fsp3) is 0.368. The zero-order valence-electron chi connectivity index (χ0n) is 15.6. The van der Waals surface area contributed by atoms with Crippen LogP contribution in [0.4, 0.5) is 15.8 Å². The summed E-state index contributed by atoms with van der Waals surface area (Å²) in [7, 11) is 1.44. The Morgan fingerprint density at radius 3 is 2.68 bits per heavy atom. The van der Waals surface area contributed by atoms with Crippen molar-refractivity contribution in [1.82, 2.24) is 9.88 Å². The van der Waals surface area contributed by atoms with E-state index in [1.807, 2.05) is 27.5 Å². The summed E-state index contributed by atoms with van der Waals surface area (Å²) in [5.41, 5.74) is 0.955. The van der Waals surface area contributed by atoms with Gasteiger partial charge < -0.3 is 19.9 Å². The van der Waals surface area contributed by atoms with Crippen molar-refractivity contribution in [3.05, 3.63) is 44.4 Å². The number of likely N-dealkylation sites (N-methyl/N-ethyl adjacent to an activating group) is 1. The van der Waals surface area contributed by atoms with Crippen LogP contribution in [-0.2, 0) is 0 Å². The van der Waals surface area contributed by atoms with E-state index in [2.05, 4.69) is 22.1 Å². The van der Waals surface area contributed by atoms with Crippen LogP contribution in [0.15, 0.2) is 24.4 Å². The van der Waals surface area contributed by atoms with Gasteiger partial charge in [-0.25, -0.2) is 9.37 Å². The number of hydrogen-bond donors (Lipinski definition) is 1. The SMILES string of the molecule is CCN1CCN(c2c(F)cc(NC(=O)c3c(I)ccnc3OC)cc2Cl)CC1. The number of carbonyl (C=O) groups is 1. The molecule has 0 bridgehead atoms. The number of piperazine rings is 1. The molecule has 3 rings (SSSR count). The predicted octanol–water partition coefficient (Wildman–Crippen LogP) is 3.88. The van der Waals surface area contributed by atoms with Crippen molar-refractivity contribution < 1.29 is 13.9 Å². The summed E-state index contributed by atoms with van der Waals surface area (Å²) in [6.45, 7) is 6.24. The highest BCUT2D eigenvalue weighted by molar-refractivity contribution is 14.1. The molecule has 28 heavy (non-hydrogen) atoms. The van der Waals surface area contributed by atoms with Gasteiger partial charge in [-0.15, -0.1) is 0 Å². The van der Waals surface area contributed by atoms with E-state index in [4.69, 9.17) is 16.3 Å². The molecule has 2 aromatic rings. The van der Waals surface area contributed by atoms with Crippen LogP contribution < -0.4 is 15.0 Å². The molecule has 0 atom stereocenters. The van der Waals surface area contributed by atoms with Gasteiger partial charge in [0.25, 0.3) is 5.91 Å². The molecule has 2 heterocycles. The Labute approximate surface area is 182 Å². The second kappa shape index (κ2) is 9.23. The van der Waals surface area contributed by atoms with E-state index in [0.717, 1.165) is 19.6 Å². The van der Waals surface area contributed by atoms with Crippen molar-refractivity contribution in [2.24, 2.45) is 0 Å². The minimum absolute atomic E-state index is 0.210. The summed E-state index contributed by atoms with van der Waals surface area (Å²) in [4.78, 5) is 21.0. The Kier molecular flexibility index (Phi) is 6.95. The molecule has 6 nitrogen and oxygen atoms in total. The predicted molar refractivity (Wildman–Crippen MR) is 117 cm³/mol. The lowest BCUT2D eigenvalue weighted by molar-refractivity contribution is 0.102. The Morgan fingerprint density at radius 2 is 2.07 bits per heavy atom. The van der Waals surface area contributed by atoms with E-state index < -0.39 is 11.7 Å². The summed E-state index contributed by atoms with van der Waals surface area (Å²) in [5.74, 6) is -0.684. The Hall–Kier alpha value is -1.65. The summed E-state index contributed by atoms with van der Waals surface area (Å²) in [6.07, 6.45) is 1.56. The Morgan fingerprint density at radius 1 is 1.36 bits per heavy atom. The highest BCUT2D eigenvalue weighted by atomic mass is 127. The van der Waals surface area contributed by atoms with Gasteiger partial charge in [-0.1, -0.05) is 18.5 Å². The summed E-state index contributed by atoms with van der Waals surface area (Å²) in [6, 6.07) is 4.56. The minimum atomic E-state index is -0.458. The van der Waals surface area contributed by atoms with Crippen molar-refractivity contribution in [2.75, 3.05) is 50.1 Å². The van der Waals surface area contributed by atoms with Crippen LogP contribution in [0.1, 0.15) is 17.3 Å². The van der Waals surface area contributed by atoms with E-state index in [9.17, 15) is 9.18 Å². The molecule has 0 spiro atoms. The fourth-order valence-corrected chi connectivity index (χ4v) is 4.17. The zero-order valence-corrected chi connectivity index (χ0v) is 18.6. The average Bonchev–Trinajstić information content (AvgIpc) is 2.67. The maximum Gasteiger partial charge on any atom is 0.262 e. The lowest BCUT2D eigenvalue weighted by Gasteiger charge is -2.36. The van der Waals surface area contributed by atoms with E-state index >= 15 is 0 Å². The van der Waals surface area contributed by atoms with E-state index in [-0.39, 0.29) is 16.6 Å². The second-order valence-electron chi connectivity index (χ2n) is 6.34. The minimum Gasteiger partial charge on any atom is -0.480 e. The third-order valence-corrected chi connectivity index (χ3v) is 5.88. The Bertz CT molecular complexity index is 852. The first-order valence-corrected chi connectivity index (χ1v) is 10.4. The van der Waals surface area contributed by atoms with Crippen LogP contribution in [0, 0.1) is 9.39 Å². The number of nitrogens with one attached hydrogen (secondary N) is 1. The number of methoxy groups -OCH3 is 1. The highest BCUT2D eigenvalue weighted by Crippen LogP contribution is 2.33. The van der Waals surface area contributed by atoms with Gasteiger partial charge in [-0.2, -0.15) is 0 Å². The van der Waals surface area contributed by atoms with E-state index in [1.165, 1.54) is 13.2 Å². The number of ether oxygens (including phenoxy) is 1. The molecule has 150 valence electrons. The smallest absolute Gasteiger partial charge is 0.262 e. The number of halogens is 3. The first-order valence-electron chi connectivity index (χ1n) is 8.90. The van der Waals surface area contributed by atoms with Gasteiger partial charge in [0, 0.05) is 41.6 Å². The van der Waals surface area contributed by atoms with Crippen molar-refractivity contribution in [1.29, 1.82) is 0 Å². The number of nitrogens with zero attached hydrogens (tertiary/aromatic N) is 3. The molecule has 0 radical (unpaired) electrons. The highest BCUT2D eigenvalue weighted by Gasteiger charge is 2.23. The number of aromatic nitrogens is 1. The van der Waals surface area contributed by atoms with Crippen LogP contribution in [0.3, 0.4) is 0 Å². The molecule has 9 heteroatoms. The van der Waals surface area contributed by atoms with Crippen molar-refractivity contribution in [3.8, 4) is 5.88 Å². The third kappa shape index (κ3) is 4.49. The van der Waals surface area contributed by atoms with Crippen LogP contribution in [0.5, 0.6) is 5.88 Å². The standard InChI is InChI=1S/C19H21ClFIN4O2/c1-3-25-6-8-26(9-7-25)17-13(20)10-12(11-14(17)21)24-18(27)16-15(22)4-5-23-19(16)28-2/h4-5,10-11H,3,6-9H2,1-2H3,(H,24,27). The van der Waals surface area contributed by atoms with Gasteiger partial charge in [0.05, 0.1) is 17.8 Å². The molecule has 1 aromatic heterocycles. The average molecular weight is 519 g/mol. The topological polar surface area (TPSA) is 57.7 Å². The number of pyridine rings is 1. The fourth-order valence-electron chi connectivity index (χ4n) is 3.20. The van der Waals surface area contributed by atoms with Crippen LogP contribution in [0.25, 0.3) is 0 Å². The molecular weight excluding hydrogens is 498 g/mol. The molecular formula is C19H21ClFIN4O2. The number of anilines is 2. The molecule has 0 aliphatic carbocycles. The first kappa shape index (κ1) is 21.1.